The van der Waals surface area contributed by atoms with Crippen LogP contribution in [0.2, 0.25) is 0 Å². The van der Waals surface area contributed by atoms with Gasteiger partial charge in [0.25, 0.3) is 0 Å². The van der Waals surface area contributed by atoms with Crippen molar-refractivity contribution in [2.45, 2.75) is 134 Å². The van der Waals surface area contributed by atoms with E-state index in [1.807, 2.05) is 55.1 Å². The van der Waals surface area contributed by atoms with Crippen LogP contribution in [0.5, 0.6) is 11.6 Å². The van der Waals surface area contributed by atoms with Gasteiger partial charge in [-0.05, 0) is 100.0 Å². The van der Waals surface area contributed by atoms with Crippen LogP contribution in [0, 0.1) is 0 Å². The number of rotatable bonds is 15. The number of carbonyl (C=O) groups excluding carboxylic acids is 4. The molecular formula is C41H60N4O6. The highest BCUT2D eigenvalue weighted by Crippen LogP contribution is 2.53. The monoisotopic (exact) mass is 704 g/mol. The molecule has 1 spiro atoms. The molecule has 1 N–H and O–H groups in total. The van der Waals surface area contributed by atoms with Gasteiger partial charge in [-0.1, -0.05) is 38.8 Å². The Morgan fingerprint density at radius 3 is 2.43 bits per heavy atom. The Morgan fingerprint density at radius 2 is 1.75 bits per heavy atom. The lowest BCUT2D eigenvalue weighted by molar-refractivity contribution is -0.132. The van der Waals surface area contributed by atoms with E-state index < -0.39 is 0 Å². The Balaban J connectivity index is 0.000000347. The quantitative estimate of drug-likeness (QED) is 0.157. The number of benzene rings is 1. The number of likely N-dealkylation sites (N-methyl/N-ethyl adjacent to an activating group) is 1. The highest BCUT2D eigenvalue weighted by molar-refractivity contribution is 5.83. The lowest BCUT2D eigenvalue weighted by Crippen LogP contribution is -2.36. The predicted octanol–water partition coefficient (Wildman–Crippen LogP) is 6.96. The Hall–Kier alpha value is -3.95. The smallest absolute Gasteiger partial charge is 0.227 e. The minimum absolute atomic E-state index is 0.0885. The molecule has 280 valence electrons. The van der Waals surface area contributed by atoms with E-state index in [1.54, 1.807) is 13.2 Å². The molecule has 6 rings (SSSR count). The SMILES string of the molecule is CC.CNC(=O)C(CCC=O)c1ccc(OCCCCCOc2cc(C3CN(C=O)C4(CC4)C3)ccn2)cc1.O=C1CCCCC[C@H]2CCCN12. The number of fused-ring (bicyclic) bond motifs is 1. The van der Waals surface area contributed by atoms with Gasteiger partial charge in [0.15, 0.2) is 0 Å². The lowest BCUT2D eigenvalue weighted by atomic mass is 9.93. The number of aromatic nitrogens is 1. The zero-order valence-electron chi connectivity index (χ0n) is 31.2. The number of likely N-dealkylation sites (tertiary alicyclic amines) is 1. The standard InChI is InChI=1S/C29H37N3O5.C10H17NO.C2H6/c1-30-28(35)26(6-5-15-33)22-7-9-25(10-8-22)36-16-3-2-4-17-37-27-18-23(11-14-31-27)24-19-29(12-13-29)32(20-24)21-34;12-10-7-3-1-2-5-9-6-4-8-11(9)10;1-2/h7-11,14-15,18,21,24,26H,2-6,12-13,16-17,19-20H2,1H3,(H,30,35);9H,1-8H2;1-2H3/t;9-;/m.0./s1. The van der Waals surface area contributed by atoms with Crippen molar-refractivity contribution < 1.29 is 28.7 Å². The fraction of sp³-hybridized carbons (Fsp3) is 0.634. The molecule has 51 heavy (non-hydrogen) atoms. The summed E-state index contributed by atoms with van der Waals surface area (Å²) in [6, 6.07) is 12.2. The van der Waals surface area contributed by atoms with Gasteiger partial charge in [-0.15, -0.1) is 0 Å². The van der Waals surface area contributed by atoms with Gasteiger partial charge in [-0.3, -0.25) is 14.4 Å². The van der Waals surface area contributed by atoms with E-state index in [0.29, 0.717) is 49.8 Å². The highest BCUT2D eigenvalue weighted by Gasteiger charge is 2.54. The maximum absolute atomic E-state index is 12.1. The Bertz CT molecular complexity index is 1380. The van der Waals surface area contributed by atoms with Crippen molar-refractivity contribution in [3.8, 4) is 11.6 Å². The summed E-state index contributed by atoms with van der Waals surface area (Å²) >= 11 is 0. The number of hydrogen-bond acceptors (Lipinski definition) is 7. The predicted molar refractivity (Wildman–Crippen MR) is 199 cm³/mol. The number of hydrogen-bond donors (Lipinski definition) is 1. The summed E-state index contributed by atoms with van der Waals surface area (Å²) in [5, 5.41) is 2.67. The summed E-state index contributed by atoms with van der Waals surface area (Å²) in [6.07, 6.45) is 18.8. The first-order valence-corrected chi connectivity index (χ1v) is 19.4. The zero-order chi connectivity index (χ0) is 36.5. The maximum atomic E-state index is 12.1. The zero-order valence-corrected chi connectivity index (χ0v) is 31.2. The van der Waals surface area contributed by atoms with Crippen molar-refractivity contribution in [3.63, 3.8) is 0 Å². The fourth-order valence-corrected chi connectivity index (χ4v) is 7.69. The van der Waals surface area contributed by atoms with Crippen LogP contribution in [-0.4, -0.2) is 84.2 Å². The molecular weight excluding hydrogens is 644 g/mol. The van der Waals surface area contributed by atoms with Crippen LogP contribution in [0.1, 0.15) is 133 Å². The molecule has 2 unspecified atom stereocenters. The molecule has 3 atom stereocenters. The van der Waals surface area contributed by atoms with Crippen molar-refractivity contribution in [1.82, 2.24) is 20.1 Å². The van der Waals surface area contributed by atoms with Crippen LogP contribution in [0.15, 0.2) is 42.6 Å². The third-order valence-electron chi connectivity index (χ3n) is 10.7. The number of nitrogens with zero attached hydrogens (tertiary/aromatic N) is 3. The molecule has 3 amide bonds. The highest BCUT2D eigenvalue weighted by atomic mass is 16.5. The van der Waals surface area contributed by atoms with Crippen molar-refractivity contribution in [3.05, 3.63) is 53.7 Å². The van der Waals surface area contributed by atoms with Crippen molar-refractivity contribution in [2.24, 2.45) is 0 Å². The number of aldehydes is 1. The average molecular weight is 705 g/mol. The summed E-state index contributed by atoms with van der Waals surface area (Å²) in [5.41, 5.74) is 2.20. The van der Waals surface area contributed by atoms with Crippen LogP contribution in [0.25, 0.3) is 0 Å². The number of carbonyl (C=O) groups is 4. The summed E-state index contributed by atoms with van der Waals surface area (Å²) in [6.45, 7) is 7.02. The second-order valence-corrected chi connectivity index (χ2v) is 14.0. The van der Waals surface area contributed by atoms with E-state index >= 15 is 0 Å². The second kappa shape index (κ2) is 20.8. The minimum Gasteiger partial charge on any atom is -0.494 e. The summed E-state index contributed by atoms with van der Waals surface area (Å²) in [5.74, 6) is 1.76. The molecule has 4 fully saturated rings. The molecule has 0 bridgehead atoms. The summed E-state index contributed by atoms with van der Waals surface area (Å²) in [4.78, 5) is 54.3. The van der Waals surface area contributed by atoms with Gasteiger partial charge < -0.3 is 29.4 Å². The third kappa shape index (κ3) is 11.5. The lowest BCUT2D eigenvalue weighted by Gasteiger charge is -2.26. The van der Waals surface area contributed by atoms with Gasteiger partial charge in [-0.2, -0.15) is 0 Å². The second-order valence-electron chi connectivity index (χ2n) is 14.0. The van der Waals surface area contributed by atoms with E-state index in [-0.39, 0.29) is 17.4 Å². The molecule has 1 aromatic carbocycles. The Labute approximate surface area is 305 Å². The van der Waals surface area contributed by atoms with Crippen LogP contribution in [-0.2, 0) is 19.2 Å². The molecule has 1 aromatic heterocycles. The van der Waals surface area contributed by atoms with Gasteiger partial charge in [0, 0.05) is 62.7 Å². The molecule has 4 heterocycles. The number of pyridine rings is 1. The molecule has 3 saturated heterocycles. The van der Waals surface area contributed by atoms with Crippen molar-refractivity contribution in [1.29, 1.82) is 0 Å². The van der Waals surface area contributed by atoms with Gasteiger partial charge in [0.05, 0.1) is 19.1 Å². The Kier molecular flexibility index (Phi) is 16.2. The fourth-order valence-electron chi connectivity index (χ4n) is 7.69. The van der Waals surface area contributed by atoms with E-state index in [2.05, 4.69) is 15.2 Å². The normalized spacial score (nSPS) is 20.7. The molecule has 1 aliphatic carbocycles. The first kappa shape index (κ1) is 39.8. The molecule has 10 nitrogen and oxygen atoms in total. The third-order valence-corrected chi connectivity index (χ3v) is 10.7. The van der Waals surface area contributed by atoms with Gasteiger partial charge in [0.2, 0.25) is 24.1 Å². The number of amides is 3. The van der Waals surface area contributed by atoms with Crippen LogP contribution in [0.3, 0.4) is 0 Å². The van der Waals surface area contributed by atoms with Crippen LogP contribution < -0.4 is 14.8 Å². The first-order valence-electron chi connectivity index (χ1n) is 19.4. The maximum Gasteiger partial charge on any atom is 0.227 e. The van der Waals surface area contributed by atoms with E-state index in [4.69, 9.17) is 9.47 Å². The summed E-state index contributed by atoms with van der Waals surface area (Å²) < 4.78 is 11.7. The molecule has 0 radical (unpaired) electrons. The van der Waals surface area contributed by atoms with Crippen LogP contribution in [0.4, 0.5) is 0 Å². The molecule has 2 aromatic rings. The van der Waals surface area contributed by atoms with E-state index in [9.17, 15) is 19.2 Å². The summed E-state index contributed by atoms with van der Waals surface area (Å²) in [7, 11) is 1.61. The van der Waals surface area contributed by atoms with Gasteiger partial charge in [-0.25, -0.2) is 4.98 Å². The molecule has 4 aliphatic rings. The number of unbranched alkanes of at least 4 members (excludes halogenated alkanes) is 2. The van der Waals surface area contributed by atoms with Gasteiger partial charge in [0.1, 0.15) is 12.0 Å². The van der Waals surface area contributed by atoms with Crippen molar-refractivity contribution in [2.75, 3.05) is 33.4 Å². The van der Waals surface area contributed by atoms with Crippen LogP contribution >= 0.6 is 0 Å². The largest absolute Gasteiger partial charge is 0.494 e. The van der Waals surface area contributed by atoms with Crippen molar-refractivity contribution >= 4 is 24.5 Å². The molecule has 10 heteroatoms. The number of nitrogens with one attached hydrogen (secondary N) is 1. The van der Waals surface area contributed by atoms with E-state index in [0.717, 1.165) is 88.5 Å². The van der Waals surface area contributed by atoms with E-state index in [1.165, 1.54) is 37.7 Å². The minimum atomic E-state index is -0.335. The molecule has 1 saturated carbocycles. The topological polar surface area (TPSA) is 118 Å². The molecule has 3 aliphatic heterocycles. The Morgan fingerprint density at radius 1 is 1.00 bits per heavy atom. The first-order chi connectivity index (χ1) is 25.0. The van der Waals surface area contributed by atoms with Gasteiger partial charge >= 0.3 is 0 Å². The average Bonchev–Trinajstić information content (AvgIpc) is 3.62. The number of ether oxygens (including phenoxy) is 2.